The number of rotatable bonds is 6. The number of hydrogen-bond acceptors (Lipinski definition) is 10. The molecule has 0 aromatic heterocycles. The second kappa shape index (κ2) is 12.2. The lowest BCUT2D eigenvalue weighted by molar-refractivity contribution is -0.295. The van der Waals surface area contributed by atoms with E-state index in [4.69, 9.17) is 35.3 Å². The molecule has 218 valence electrons. The molecule has 2 rings (SSSR count). The van der Waals surface area contributed by atoms with Gasteiger partial charge in [-0.15, -0.1) is 0 Å². The number of esters is 4. The average molecular weight is 571 g/mol. The van der Waals surface area contributed by atoms with E-state index in [1.165, 1.54) is 12.1 Å². The van der Waals surface area contributed by atoms with E-state index in [-0.39, 0.29) is 10.6 Å². The Balaban J connectivity index is 2.47. The second-order valence-corrected chi connectivity index (χ2v) is 13.0. The maximum atomic E-state index is 12.9. The molecule has 0 radical (unpaired) electrons. The molecule has 1 aromatic rings. The number of ether oxygens (including phenoxy) is 5. The van der Waals surface area contributed by atoms with Crippen molar-refractivity contribution in [3.8, 4) is 0 Å². The fourth-order valence-electron chi connectivity index (χ4n) is 3.17. The van der Waals surface area contributed by atoms with Crippen LogP contribution in [0.1, 0.15) is 72.7 Å². The first-order chi connectivity index (χ1) is 17.7. The Morgan fingerprint density at radius 1 is 0.821 bits per heavy atom. The van der Waals surface area contributed by atoms with Crippen molar-refractivity contribution in [3.05, 3.63) is 34.9 Å². The summed E-state index contributed by atoms with van der Waals surface area (Å²) in [4.78, 5) is 51.1. The lowest BCUT2D eigenvalue weighted by atomic mass is 9.93. The molecule has 1 N–H and O–H groups in total. The summed E-state index contributed by atoms with van der Waals surface area (Å²) in [7, 11) is 0. The van der Waals surface area contributed by atoms with Crippen molar-refractivity contribution in [2.45, 2.75) is 93.0 Å². The van der Waals surface area contributed by atoms with Gasteiger partial charge in [0.1, 0.15) is 12.7 Å². The van der Waals surface area contributed by atoms with Gasteiger partial charge in [-0.3, -0.25) is 14.4 Å². The zero-order valence-electron chi connectivity index (χ0n) is 23.9. The molecule has 1 fully saturated rings. The molecule has 0 aliphatic carbocycles. The Morgan fingerprint density at radius 2 is 1.33 bits per heavy atom. The molecule has 0 unspecified atom stereocenters. The highest BCUT2D eigenvalue weighted by molar-refractivity contribution is 6.30. The quantitative estimate of drug-likeness (QED) is 0.393. The van der Waals surface area contributed by atoms with Crippen LogP contribution in [-0.4, -0.2) is 66.3 Å². The van der Waals surface area contributed by atoms with Crippen LogP contribution in [-0.2, 0) is 38.1 Å². The molecule has 11 heteroatoms. The Hall–Kier alpha value is -2.69. The highest BCUT2D eigenvalue weighted by Crippen LogP contribution is 2.32. The fraction of sp³-hybridized carbons (Fsp3) is 0.643. The average Bonchev–Trinajstić information content (AvgIpc) is 2.79. The fourth-order valence-corrected chi connectivity index (χ4v) is 3.36. The summed E-state index contributed by atoms with van der Waals surface area (Å²) < 4.78 is 28.0. The van der Waals surface area contributed by atoms with Crippen molar-refractivity contribution in [2.24, 2.45) is 16.2 Å². The number of halogens is 1. The standard InChI is InChI=1S/C28H39ClO10/c1-26(2,3)23(32)35-14-17-19(37-24(33)27(4,5)6)20(38-25(34)28(7,8)9)18(30)22(36-17)39-21(31)15-11-10-12-16(29)13-15/h10-13,17-20,22,30H,14H2,1-9H3/t17-,18-,19+,20-,22+/m1/s1. The zero-order chi connectivity index (χ0) is 29.9. The van der Waals surface area contributed by atoms with E-state index in [0.717, 1.165) is 0 Å². The van der Waals surface area contributed by atoms with Gasteiger partial charge in [-0.1, -0.05) is 17.7 Å². The lowest BCUT2D eigenvalue weighted by Crippen LogP contribution is -2.63. The molecule has 1 aliphatic rings. The number of carbonyl (C=O) groups excluding carboxylic acids is 4. The van der Waals surface area contributed by atoms with E-state index in [1.807, 2.05) is 0 Å². The number of aliphatic hydroxyl groups excluding tert-OH is 1. The number of aliphatic hydroxyl groups is 1. The minimum Gasteiger partial charge on any atom is -0.462 e. The van der Waals surface area contributed by atoms with Crippen LogP contribution < -0.4 is 0 Å². The van der Waals surface area contributed by atoms with Gasteiger partial charge in [0, 0.05) is 5.02 Å². The van der Waals surface area contributed by atoms with E-state index in [2.05, 4.69) is 0 Å². The maximum Gasteiger partial charge on any atom is 0.340 e. The molecule has 0 amide bonds. The van der Waals surface area contributed by atoms with Gasteiger partial charge in [-0.25, -0.2) is 4.79 Å². The maximum absolute atomic E-state index is 12.9. The van der Waals surface area contributed by atoms with Gasteiger partial charge in [-0.2, -0.15) is 0 Å². The molecule has 5 atom stereocenters. The smallest absolute Gasteiger partial charge is 0.340 e. The summed E-state index contributed by atoms with van der Waals surface area (Å²) in [6, 6.07) is 5.94. The highest BCUT2D eigenvalue weighted by atomic mass is 35.5. The molecule has 39 heavy (non-hydrogen) atoms. The van der Waals surface area contributed by atoms with Crippen LogP contribution in [0, 0.1) is 16.2 Å². The van der Waals surface area contributed by atoms with E-state index in [9.17, 15) is 24.3 Å². The van der Waals surface area contributed by atoms with E-state index < -0.39 is 77.4 Å². The van der Waals surface area contributed by atoms with Crippen molar-refractivity contribution >= 4 is 35.5 Å². The molecule has 0 saturated carbocycles. The van der Waals surface area contributed by atoms with Crippen LogP contribution >= 0.6 is 11.6 Å². The van der Waals surface area contributed by atoms with Crippen LogP contribution in [0.25, 0.3) is 0 Å². The van der Waals surface area contributed by atoms with Crippen LogP contribution in [0.3, 0.4) is 0 Å². The second-order valence-electron chi connectivity index (χ2n) is 12.5. The minimum absolute atomic E-state index is 0.0820. The van der Waals surface area contributed by atoms with Gasteiger partial charge in [-0.05, 0) is 80.5 Å². The monoisotopic (exact) mass is 570 g/mol. The predicted molar refractivity (Wildman–Crippen MR) is 141 cm³/mol. The third-order valence-electron chi connectivity index (χ3n) is 5.60. The van der Waals surface area contributed by atoms with Crippen molar-refractivity contribution < 1.29 is 48.0 Å². The Bertz CT molecular complexity index is 1060. The highest BCUT2D eigenvalue weighted by Gasteiger charge is 2.53. The topological polar surface area (TPSA) is 135 Å². The molecule has 1 aliphatic heterocycles. The number of carbonyl (C=O) groups is 4. The van der Waals surface area contributed by atoms with Gasteiger partial charge in [0.25, 0.3) is 0 Å². The van der Waals surface area contributed by atoms with Crippen molar-refractivity contribution in [1.82, 2.24) is 0 Å². The lowest BCUT2D eigenvalue weighted by Gasteiger charge is -2.43. The van der Waals surface area contributed by atoms with Crippen molar-refractivity contribution in [3.63, 3.8) is 0 Å². The van der Waals surface area contributed by atoms with Gasteiger partial charge < -0.3 is 28.8 Å². The summed E-state index contributed by atoms with van der Waals surface area (Å²) in [5, 5.41) is 11.5. The first-order valence-electron chi connectivity index (χ1n) is 12.6. The molecule has 10 nitrogen and oxygen atoms in total. The Labute approximate surface area is 234 Å². The summed E-state index contributed by atoms with van der Waals surface area (Å²) in [6.45, 7) is 14.2. The summed E-state index contributed by atoms with van der Waals surface area (Å²) in [5.41, 5.74) is -2.73. The van der Waals surface area contributed by atoms with E-state index in [0.29, 0.717) is 0 Å². The molecular weight excluding hydrogens is 532 g/mol. The summed E-state index contributed by atoms with van der Waals surface area (Å²) in [5.74, 6) is -2.84. The summed E-state index contributed by atoms with van der Waals surface area (Å²) >= 11 is 5.98. The van der Waals surface area contributed by atoms with Crippen molar-refractivity contribution in [1.29, 1.82) is 0 Å². The van der Waals surface area contributed by atoms with Crippen LogP contribution in [0.15, 0.2) is 24.3 Å². The normalized spacial score (nSPS) is 23.9. The molecule has 0 spiro atoms. The molecule has 1 saturated heterocycles. The largest absolute Gasteiger partial charge is 0.462 e. The van der Waals surface area contributed by atoms with E-state index >= 15 is 0 Å². The predicted octanol–water partition coefficient (Wildman–Crippen LogP) is 4.09. The molecule has 1 aromatic carbocycles. The third kappa shape index (κ3) is 8.91. The molecule has 1 heterocycles. The first kappa shape index (κ1) is 32.5. The minimum atomic E-state index is -1.76. The zero-order valence-corrected chi connectivity index (χ0v) is 24.7. The van der Waals surface area contributed by atoms with Crippen LogP contribution in [0.2, 0.25) is 5.02 Å². The Kier molecular flexibility index (Phi) is 10.2. The van der Waals surface area contributed by atoms with Crippen molar-refractivity contribution in [2.75, 3.05) is 6.61 Å². The molecule has 0 bridgehead atoms. The number of hydrogen-bond donors (Lipinski definition) is 1. The Morgan fingerprint density at radius 3 is 1.82 bits per heavy atom. The van der Waals surface area contributed by atoms with Gasteiger partial charge in [0.05, 0.1) is 21.8 Å². The molecular formula is C28H39ClO10. The van der Waals surface area contributed by atoms with Crippen LogP contribution in [0.4, 0.5) is 0 Å². The SMILES string of the molecule is CC(C)(C)C(=O)OC[C@H]1O[C@@H](OC(=O)c2cccc(Cl)c2)[C@H](O)[C@@H](OC(=O)C(C)(C)C)[C@H]1OC(=O)C(C)(C)C. The number of benzene rings is 1. The first-order valence-corrected chi connectivity index (χ1v) is 13.0. The van der Waals surface area contributed by atoms with Crippen LogP contribution in [0.5, 0.6) is 0 Å². The van der Waals surface area contributed by atoms with Gasteiger partial charge in [0.15, 0.2) is 18.3 Å². The van der Waals surface area contributed by atoms with Gasteiger partial charge in [0.2, 0.25) is 6.29 Å². The third-order valence-corrected chi connectivity index (χ3v) is 5.84. The summed E-state index contributed by atoms with van der Waals surface area (Å²) in [6.07, 6.45) is -7.61. The van der Waals surface area contributed by atoms with E-state index in [1.54, 1.807) is 74.4 Å². The van der Waals surface area contributed by atoms with Gasteiger partial charge >= 0.3 is 23.9 Å².